The van der Waals surface area contributed by atoms with Crippen molar-refractivity contribution in [1.29, 1.82) is 0 Å². The molecule has 0 saturated heterocycles. The average molecular weight is 1160 g/mol. The van der Waals surface area contributed by atoms with E-state index in [9.17, 15) is 19.4 Å². The number of allylic oxidation sites excluding steroid dienone is 6. The van der Waals surface area contributed by atoms with Crippen LogP contribution in [0.25, 0.3) is 0 Å². The molecule has 0 heterocycles. The lowest BCUT2D eigenvalue weighted by Crippen LogP contribution is -2.46. The number of aliphatic hydroxyl groups excluding tert-OH is 1. The van der Waals surface area contributed by atoms with Crippen molar-refractivity contribution >= 4 is 13.7 Å². The molecule has 0 aromatic rings. The summed E-state index contributed by atoms with van der Waals surface area (Å²) < 4.78 is 23.9. The zero-order valence-electron chi connectivity index (χ0n) is 55.1. The van der Waals surface area contributed by atoms with Crippen molar-refractivity contribution in [2.24, 2.45) is 0 Å². The molecule has 3 atom stereocenters. The van der Waals surface area contributed by atoms with Gasteiger partial charge in [0.25, 0.3) is 0 Å². The van der Waals surface area contributed by atoms with Gasteiger partial charge in [-0.3, -0.25) is 13.8 Å². The summed E-state index contributed by atoms with van der Waals surface area (Å²) in [7, 11) is 1.63. The van der Waals surface area contributed by atoms with Crippen LogP contribution in [0.4, 0.5) is 0 Å². The molecule has 81 heavy (non-hydrogen) atoms. The van der Waals surface area contributed by atoms with E-state index in [1.54, 1.807) is 0 Å². The van der Waals surface area contributed by atoms with Gasteiger partial charge in [-0.25, -0.2) is 4.57 Å². The lowest BCUT2D eigenvalue weighted by molar-refractivity contribution is -0.870. The third-order valence-electron chi connectivity index (χ3n) is 16.6. The van der Waals surface area contributed by atoms with Gasteiger partial charge in [0.15, 0.2) is 0 Å². The second-order valence-corrected chi connectivity index (χ2v) is 27.4. The molecular weight excluding hydrogens is 1020 g/mol. The van der Waals surface area contributed by atoms with Gasteiger partial charge in [0.2, 0.25) is 5.91 Å². The highest BCUT2D eigenvalue weighted by Gasteiger charge is 2.28. The fourth-order valence-electron chi connectivity index (χ4n) is 11.1. The van der Waals surface area contributed by atoms with E-state index >= 15 is 0 Å². The molecule has 0 saturated carbocycles. The van der Waals surface area contributed by atoms with Crippen LogP contribution >= 0.6 is 7.82 Å². The maximum atomic E-state index is 13.1. The Morgan fingerprint density at radius 3 is 1.02 bits per heavy atom. The van der Waals surface area contributed by atoms with Crippen LogP contribution in [-0.2, 0) is 18.4 Å². The van der Waals surface area contributed by atoms with Gasteiger partial charge in [-0.05, 0) is 51.4 Å². The fourth-order valence-corrected chi connectivity index (χ4v) is 11.8. The van der Waals surface area contributed by atoms with Crippen LogP contribution in [0.1, 0.15) is 367 Å². The number of nitrogens with zero attached hydrogens (tertiary/aromatic N) is 1. The molecule has 9 heteroatoms. The Labute approximate surface area is 506 Å². The Morgan fingerprint density at radius 1 is 0.420 bits per heavy atom. The van der Waals surface area contributed by atoms with E-state index in [0.29, 0.717) is 23.9 Å². The van der Waals surface area contributed by atoms with Crippen molar-refractivity contribution < 1.29 is 32.9 Å². The molecule has 0 aliphatic rings. The lowest BCUT2D eigenvalue weighted by atomic mass is 10.0. The van der Waals surface area contributed by atoms with Crippen LogP contribution in [0.3, 0.4) is 0 Å². The van der Waals surface area contributed by atoms with Crippen molar-refractivity contribution in [2.45, 2.75) is 379 Å². The maximum absolute atomic E-state index is 13.1. The molecule has 1 amide bonds. The topological polar surface area (TPSA) is 105 Å². The van der Waals surface area contributed by atoms with E-state index in [-0.39, 0.29) is 19.1 Å². The molecule has 0 aromatic heterocycles. The number of likely N-dealkylation sites (N-methyl/N-ethyl adjacent to an activating group) is 1. The highest BCUT2D eigenvalue weighted by molar-refractivity contribution is 7.47. The average Bonchev–Trinajstić information content (AvgIpc) is 3.43. The predicted octanol–water partition coefficient (Wildman–Crippen LogP) is 22.8. The van der Waals surface area contributed by atoms with E-state index in [1.807, 2.05) is 21.1 Å². The number of hydrogen-bond acceptors (Lipinski definition) is 5. The Morgan fingerprint density at radius 2 is 0.704 bits per heavy atom. The monoisotopic (exact) mass is 1160 g/mol. The van der Waals surface area contributed by atoms with Crippen LogP contribution in [0, 0.1) is 0 Å². The number of amides is 1. The molecule has 0 rings (SSSR count). The Balaban J connectivity index is 4.01. The molecule has 3 unspecified atom stereocenters. The van der Waals surface area contributed by atoms with Crippen molar-refractivity contribution in [1.82, 2.24) is 5.32 Å². The minimum Gasteiger partial charge on any atom is -0.391 e. The number of carbonyl (C=O) groups excluding carboxylic acids is 1. The van der Waals surface area contributed by atoms with Gasteiger partial charge < -0.3 is 19.8 Å². The smallest absolute Gasteiger partial charge is 0.391 e. The van der Waals surface area contributed by atoms with Crippen LogP contribution in [0.2, 0.25) is 0 Å². The van der Waals surface area contributed by atoms with Gasteiger partial charge in [0.1, 0.15) is 13.2 Å². The van der Waals surface area contributed by atoms with Crippen molar-refractivity contribution in [3.63, 3.8) is 0 Å². The minimum atomic E-state index is -4.33. The molecular formula is C72H142N2O6P+. The third-order valence-corrected chi connectivity index (χ3v) is 17.6. The molecule has 8 nitrogen and oxygen atoms in total. The van der Waals surface area contributed by atoms with E-state index < -0.39 is 20.0 Å². The lowest BCUT2D eigenvalue weighted by Gasteiger charge is -2.26. The molecule has 0 bridgehead atoms. The summed E-state index contributed by atoms with van der Waals surface area (Å²) in [6.45, 7) is 4.93. The summed E-state index contributed by atoms with van der Waals surface area (Å²) in [6, 6.07) is -0.762. The Hall–Kier alpha value is -1.28. The molecule has 3 N–H and O–H groups in total. The summed E-state index contributed by atoms with van der Waals surface area (Å²) in [5, 5.41) is 14.2. The molecule has 0 fully saturated rings. The normalized spacial score (nSPS) is 13.8. The summed E-state index contributed by atoms with van der Waals surface area (Å²) in [5.41, 5.74) is 0. The minimum absolute atomic E-state index is 0.0763. The molecule has 0 aromatic carbocycles. The van der Waals surface area contributed by atoms with Crippen molar-refractivity contribution in [2.75, 3.05) is 40.9 Å². The standard InChI is InChI=1S/C72H141N2O6P/c1-6-8-10-12-14-16-18-20-22-24-26-28-30-32-34-36-37-38-40-42-44-46-48-50-52-54-56-58-60-62-64-66-72(76)73-70(69-80-81(77,78)79-68-67-74(3,4)5)71(75)65-63-61-59-57-55-53-51-49-47-45-43-41-39-35-33-31-29-27-25-23-21-19-17-15-13-11-9-7-2/h18,20,24,26,30,32,70-71,75H,6-17,19,21-23,25,27-29,31,33-69H2,1-5H3,(H-,73,76,77,78)/p+1/b20-18-,26-24-,32-30-. The molecule has 0 radical (unpaired) electrons. The first-order valence-electron chi connectivity index (χ1n) is 35.9. The SMILES string of the molecule is CCCCCCC/C=C\C/C=C\C/C=C\CCCCCCCCCCCCCCCCCCC(=O)NC(COP(=O)(O)OCC[N+](C)(C)C)C(O)CCCCCCCCCCCCCCCCCCCCCCCCCCCCCC. The number of carbonyl (C=O) groups is 1. The van der Waals surface area contributed by atoms with Crippen LogP contribution < -0.4 is 5.32 Å². The summed E-state index contributed by atoms with van der Waals surface area (Å²) >= 11 is 0. The van der Waals surface area contributed by atoms with Gasteiger partial charge in [-0.2, -0.15) is 0 Å². The summed E-state index contributed by atoms with van der Waals surface area (Å²) in [4.78, 5) is 23.5. The van der Waals surface area contributed by atoms with E-state index in [0.717, 1.165) is 51.4 Å². The van der Waals surface area contributed by atoms with E-state index in [4.69, 9.17) is 9.05 Å². The number of hydrogen-bond donors (Lipinski definition) is 3. The summed E-state index contributed by atoms with van der Waals surface area (Å²) in [5.74, 6) is -0.138. The Kier molecular flexibility index (Phi) is 62.2. The molecule has 0 spiro atoms. The maximum Gasteiger partial charge on any atom is 0.472 e. The molecule has 480 valence electrons. The van der Waals surface area contributed by atoms with Crippen molar-refractivity contribution in [3.05, 3.63) is 36.5 Å². The zero-order valence-corrected chi connectivity index (χ0v) is 55.9. The van der Waals surface area contributed by atoms with Crippen LogP contribution in [0.5, 0.6) is 0 Å². The highest BCUT2D eigenvalue weighted by atomic mass is 31.2. The highest BCUT2D eigenvalue weighted by Crippen LogP contribution is 2.43. The first kappa shape index (κ1) is 79.7. The van der Waals surface area contributed by atoms with Crippen LogP contribution in [0.15, 0.2) is 36.5 Å². The van der Waals surface area contributed by atoms with E-state index in [1.165, 1.54) is 289 Å². The zero-order chi connectivity index (χ0) is 59.1. The number of rotatable bonds is 67. The van der Waals surface area contributed by atoms with Gasteiger partial charge in [-0.1, -0.05) is 346 Å². The molecule has 0 aliphatic carbocycles. The van der Waals surface area contributed by atoms with E-state index in [2.05, 4.69) is 55.6 Å². The summed E-state index contributed by atoms with van der Waals surface area (Å²) in [6.07, 6.45) is 83.9. The number of nitrogens with one attached hydrogen (secondary N) is 1. The third kappa shape index (κ3) is 66.1. The quantitative estimate of drug-likeness (QED) is 0.0243. The van der Waals surface area contributed by atoms with Crippen molar-refractivity contribution in [3.8, 4) is 0 Å². The van der Waals surface area contributed by atoms with Gasteiger partial charge in [0, 0.05) is 6.42 Å². The number of quaternary nitrogens is 1. The van der Waals surface area contributed by atoms with Gasteiger partial charge in [-0.15, -0.1) is 0 Å². The van der Waals surface area contributed by atoms with Gasteiger partial charge in [0.05, 0.1) is 39.9 Å². The first-order chi connectivity index (χ1) is 39.5. The number of phosphoric ester groups is 1. The number of phosphoric acid groups is 1. The first-order valence-corrected chi connectivity index (χ1v) is 37.3. The second kappa shape index (κ2) is 63.2. The second-order valence-electron chi connectivity index (χ2n) is 26.0. The number of aliphatic hydroxyl groups is 1. The molecule has 0 aliphatic heterocycles. The Bertz CT molecular complexity index is 1410. The largest absolute Gasteiger partial charge is 0.472 e. The number of unbranched alkanes of at least 4 members (excludes halogenated alkanes) is 48. The van der Waals surface area contributed by atoms with Gasteiger partial charge >= 0.3 is 7.82 Å². The fraction of sp³-hybridized carbons (Fsp3) is 0.903. The predicted molar refractivity (Wildman–Crippen MR) is 355 cm³/mol. The van der Waals surface area contributed by atoms with Crippen LogP contribution in [-0.4, -0.2) is 73.4 Å².